The number of hydrogen-bond acceptors (Lipinski definition) is 3. The van der Waals surface area contributed by atoms with E-state index >= 15 is 0 Å². The van der Waals surface area contributed by atoms with Crippen LogP contribution in [-0.4, -0.2) is 49.7 Å². The first kappa shape index (κ1) is 14.7. The Labute approximate surface area is 97.8 Å². The second-order valence-electron chi connectivity index (χ2n) is 4.03. The van der Waals surface area contributed by atoms with Gasteiger partial charge in [-0.25, -0.2) is 0 Å². The summed E-state index contributed by atoms with van der Waals surface area (Å²) in [5.41, 5.74) is 0. The maximum absolute atomic E-state index is 11.7. The number of rotatable bonds is 3. The molecule has 0 bridgehead atoms. The zero-order valence-electron chi connectivity index (χ0n) is 9.66. The van der Waals surface area contributed by atoms with Gasteiger partial charge >= 0.3 is 0 Å². The third-order valence-corrected chi connectivity index (χ3v) is 2.59. The number of morpholine rings is 1. The standard InChI is InChI=1S/C10H20N2O2.ClH/c1-8(2)12(3)10(13)6-9-7-14-5-4-11-9;/h8-9,11H,4-7H2,1-3H3;1H. The van der Waals surface area contributed by atoms with Gasteiger partial charge < -0.3 is 15.0 Å². The van der Waals surface area contributed by atoms with Gasteiger partial charge in [-0.15, -0.1) is 12.4 Å². The predicted octanol–water partition coefficient (Wildman–Crippen LogP) is 0.654. The summed E-state index contributed by atoms with van der Waals surface area (Å²) < 4.78 is 5.29. The van der Waals surface area contributed by atoms with Gasteiger partial charge in [0.25, 0.3) is 0 Å². The van der Waals surface area contributed by atoms with E-state index < -0.39 is 0 Å². The molecule has 1 fully saturated rings. The average Bonchev–Trinajstić information content (AvgIpc) is 2.18. The summed E-state index contributed by atoms with van der Waals surface area (Å²) in [5.74, 6) is 0.183. The lowest BCUT2D eigenvalue weighted by Crippen LogP contribution is -2.45. The van der Waals surface area contributed by atoms with E-state index in [1.54, 1.807) is 4.90 Å². The van der Waals surface area contributed by atoms with Crippen molar-refractivity contribution in [2.75, 3.05) is 26.8 Å². The van der Waals surface area contributed by atoms with Crippen molar-refractivity contribution >= 4 is 18.3 Å². The van der Waals surface area contributed by atoms with E-state index in [1.165, 1.54) is 0 Å². The molecule has 0 aliphatic carbocycles. The number of ether oxygens (including phenoxy) is 1. The molecule has 5 heteroatoms. The van der Waals surface area contributed by atoms with E-state index in [2.05, 4.69) is 5.32 Å². The Morgan fingerprint density at radius 3 is 2.73 bits per heavy atom. The quantitative estimate of drug-likeness (QED) is 0.783. The fourth-order valence-electron chi connectivity index (χ4n) is 1.39. The highest BCUT2D eigenvalue weighted by Crippen LogP contribution is 2.03. The van der Waals surface area contributed by atoms with E-state index in [0.29, 0.717) is 13.0 Å². The molecule has 1 N–H and O–H groups in total. The topological polar surface area (TPSA) is 41.6 Å². The first-order valence-electron chi connectivity index (χ1n) is 5.18. The van der Waals surface area contributed by atoms with E-state index in [0.717, 1.165) is 13.2 Å². The number of carbonyl (C=O) groups is 1. The second kappa shape index (κ2) is 7.04. The molecule has 0 spiro atoms. The van der Waals surface area contributed by atoms with Crippen molar-refractivity contribution in [1.29, 1.82) is 0 Å². The van der Waals surface area contributed by atoms with Gasteiger partial charge in [-0.1, -0.05) is 0 Å². The summed E-state index contributed by atoms with van der Waals surface area (Å²) >= 11 is 0. The van der Waals surface area contributed by atoms with Gasteiger partial charge in [0.1, 0.15) is 0 Å². The van der Waals surface area contributed by atoms with Crippen LogP contribution in [0.25, 0.3) is 0 Å². The van der Waals surface area contributed by atoms with Crippen LogP contribution in [0.4, 0.5) is 0 Å². The largest absolute Gasteiger partial charge is 0.378 e. The summed E-state index contributed by atoms with van der Waals surface area (Å²) in [7, 11) is 1.84. The van der Waals surface area contributed by atoms with Crippen LogP contribution in [0, 0.1) is 0 Å². The van der Waals surface area contributed by atoms with Gasteiger partial charge in [-0.2, -0.15) is 0 Å². The van der Waals surface area contributed by atoms with Crippen LogP contribution in [0.2, 0.25) is 0 Å². The van der Waals surface area contributed by atoms with Crippen LogP contribution < -0.4 is 5.32 Å². The lowest BCUT2D eigenvalue weighted by molar-refractivity contribution is -0.132. The molecule has 1 heterocycles. The predicted molar refractivity (Wildman–Crippen MR) is 62.4 cm³/mol. The Hall–Kier alpha value is -0.320. The molecule has 0 saturated carbocycles. The van der Waals surface area contributed by atoms with Crippen molar-refractivity contribution in [3.8, 4) is 0 Å². The van der Waals surface area contributed by atoms with Crippen LogP contribution in [0.15, 0.2) is 0 Å². The van der Waals surface area contributed by atoms with Crippen molar-refractivity contribution in [2.45, 2.75) is 32.4 Å². The molecular formula is C10H21ClN2O2. The van der Waals surface area contributed by atoms with Crippen molar-refractivity contribution in [2.24, 2.45) is 0 Å². The zero-order chi connectivity index (χ0) is 10.6. The molecule has 0 aromatic carbocycles. The number of halogens is 1. The van der Waals surface area contributed by atoms with Gasteiger partial charge in [0.2, 0.25) is 5.91 Å². The van der Waals surface area contributed by atoms with Crippen LogP contribution in [0.5, 0.6) is 0 Å². The van der Waals surface area contributed by atoms with Gasteiger partial charge in [0, 0.05) is 32.1 Å². The number of nitrogens with one attached hydrogen (secondary N) is 1. The Kier molecular flexibility index (Phi) is 6.89. The van der Waals surface area contributed by atoms with Crippen molar-refractivity contribution < 1.29 is 9.53 Å². The lowest BCUT2D eigenvalue weighted by atomic mass is 10.1. The lowest BCUT2D eigenvalue weighted by Gasteiger charge is -2.27. The summed E-state index contributed by atoms with van der Waals surface area (Å²) in [6, 6.07) is 0.462. The van der Waals surface area contributed by atoms with Gasteiger partial charge in [-0.3, -0.25) is 4.79 Å². The maximum Gasteiger partial charge on any atom is 0.224 e. The third kappa shape index (κ3) is 4.82. The van der Waals surface area contributed by atoms with Crippen LogP contribution >= 0.6 is 12.4 Å². The average molecular weight is 237 g/mol. The highest BCUT2D eigenvalue weighted by molar-refractivity contribution is 5.85. The molecule has 1 amide bonds. The minimum atomic E-state index is 0. The molecule has 1 unspecified atom stereocenters. The monoisotopic (exact) mass is 236 g/mol. The smallest absolute Gasteiger partial charge is 0.224 e. The normalized spacial score (nSPS) is 20.9. The summed E-state index contributed by atoms with van der Waals surface area (Å²) in [6.45, 7) is 6.29. The molecule has 1 atom stereocenters. The summed E-state index contributed by atoms with van der Waals surface area (Å²) in [6.07, 6.45) is 0.536. The number of hydrogen-bond donors (Lipinski definition) is 1. The Bertz CT molecular complexity index is 194. The fourth-order valence-corrected chi connectivity index (χ4v) is 1.39. The highest BCUT2D eigenvalue weighted by atomic mass is 35.5. The van der Waals surface area contributed by atoms with Crippen LogP contribution in [-0.2, 0) is 9.53 Å². The van der Waals surface area contributed by atoms with E-state index in [4.69, 9.17) is 4.74 Å². The fraction of sp³-hybridized carbons (Fsp3) is 0.900. The molecule has 0 radical (unpaired) electrons. The Morgan fingerprint density at radius 1 is 1.60 bits per heavy atom. The van der Waals surface area contributed by atoms with Crippen LogP contribution in [0.1, 0.15) is 20.3 Å². The third-order valence-electron chi connectivity index (χ3n) is 2.59. The molecular weight excluding hydrogens is 216 g/mol. The first-order valence-corrected chi connectivity index (χ1v) is 5.18. The Balaban J connectivity index is 0.00000196. The molecule has 1 aliphatic heterocycles. The minimum Gasteiger partial charge on any atom is -0.378 e. The second-order valence-corrected chi connectivity index (χ2v) is 4.03. The molecule has 15 heavy (non-hydrogen) atoms. The molecule has 4 nitrogen and oxygen atoms in total. The number of amides is 1. The van der Waals surface area contributed by atoms with E-state index in [1.807, 2.05) is 20.9 Å². The molecule has 1 rings (SSSR count). The van der Waals surface area contributed by atoms with E-state index in [-0.39, 0.29) is 30.4 Å². The SMILES string of the molecule is CC(C)N(C)C(=O)CC1COCCN1.Cl. The Morgan fingerprint density at radius 2 is 2.27 bits per heavy atom. The number of carbonyl (C=O) groups excluding carboxylic acids is 1. The maximum atomic E-state index is 11.7. The number of nitrogens with zero attached hydrogens (tertiary/aromatic N) is 1. The van der Waals surface area contributed by atoms with Gasteiger partial charge in [-0.05, 0) is 13.8 Å². The molecule has 1 aliphatic rings. The van der Waals surface area contributed by atoms with Gasteiger partial charge in [0.05, 0.1) is 13.2 Å². The summed E-state index contributed by atoms with van der Waals surface area (Å²) in [5, 5.41) is 3.27. The molecule has 0 aromatic rings. The first-order chi connectivity index (χ1) is 6.61. The molecule has 1 saturated heterocycles. The summed E-state index contributed by atoms with van der Waals surface area (Å²) in [4.78, 5) is 13.5. The van der Waals surface area contributed by atoms with Gasteiger partial charge in [0.15, 0.2) is 0 Å². The highest BCUT2D eigenvalue weighted by Gasteiger charge is 2.20. The van der Waals surface area contributed by atoms with Crippen molar-refractivity contribution in [3.05, 3.63) is 0 Å². The van der Waals surface area contributed by atoms with E-state index in [9.17, 15) is 4.79 Å². The molecule has 0 aromatic heterocycles. The van der Waals surface area contributed by atoms with Crippen molar-refractivity contribution in [1.82, 2.24) is 10.2 Å². The van der Waals surface area contributed by atoms with Crippen LogP contribution in [0.3, 0.4) is 0 Å². The zero-order valence-corrected chi connectivity index (χ0v) is 10.5. The minimum absolute atomic E-state index is 0. The molecule has 90 valence electrons. The van der Waals surface area contributed by atoms with Crippen molar-refractivity contribution in [3.63, 3.8) is 0 Å².